The summed E-state index contributed by atoms with van der Waals surface area (Å²) in [7, 11) is 0. The number of carbonyl (C=O) groups is 1. The van der Waals surface area contributed by atoms with E-state index in [1.165, 1.54) is 12.1 Å². The van der Waals surface area contributed by atoms with Crippen LogP contribution in [0, 0.1) is 11.7 Å². The zero-order valence-electron chi connectivity index (χ0n) is 9.83. The first-order valence-electron chi connectivity index (χ1n) is 5.94. The SMILES string of the molecule is O=C(Cc1c(F)cccc1Cl)NCC1CC(O)C1. The first-order valence-corrected chi connectivity index (χ1v) is 6.31. The van der Waals surface area contributed by atoms with Crippen LogP contribution in [0.15, 0.2) is 18.2 Å². The van der Waals surface area contributed by atoms with Crippen LogP contribution in [0.3, 0.4) is 0 Å². The van der Waals surface area contributed by atoms with E-state index in [0.29, 0.717) is 12.5 Å². The molecule has 0 heterocycles. The summed E-state index contributed by atoms with van der Waals surface area (Å²) in [4.78, 5) is 11.6. The predicted octanol–water partition coefficient (Wildman–Crippen LogP) is 1.91. The lowest BCUT2D eigenvalue weighted by Crippen LogP contribution is -2.39. The molecule has 0 radical (unpaired) electrons. The molecule has 1 aromatic carbocycles. The lowest BCUT2D eigenvalue weighted by atomic mass is 9.82. The molecule has 0 atom stereocenters. The topological polar surface area (TPSA) is 49.3 Å². The summed E-state index contributed by atoms with van der Waals surface area (Å²) in [5, 5.41) is 12.1. The van der Waals surface area contributed by atoms with Gasteiger partial charge in [0.2, 0.25) is 5.91 Å². The Morgan fingerprint density at radius 3 is 2.83 bits per heavy atom. The van der Waals surface area contributed by atoms with Crippen molar-refractivity contribution in [2.45, 2.75) is 25.4 Å². The zero-order valence-corrected chi connectivity index (χ0v) is 10.6. The van der Waals surface area contributed by atoms with Crippen LogP contribution in [0.2, 0.25) is 5.02 Å². The number of hydrogen-bond donors (Lipinski definition) is 2. The molecule has 2 N–H and O–H groups in total. The highest BCUT2D eigenvalue weighted by Crippen LogP contribution is 2.26. The van der Waals surface area contributed by atoms with Gasteiger partial charge < -0.3 is 10.4 Å². The summed E-state index contributed by atoms with van der Waals surface area (Å²) < 4.78 is 13.4. The van der Waals surface area contributed by atoms with E-state index in [1.807, 2.05) is 0 Å². The molecule has 1 aliphatic carbocycles. The summed E-state index contributed by atoms with van der Waals surface area (Å²) in [6.45, 7) is 0.530. The fourth-order valence-electron chi connectivity index (χ4n) is 2.05. The predicted molar refractivity (Wildman–Crippen MR) is 66.9 cm³/mol. The number of rotatable bonds is 4. The van der Waals surface area contributed by atoms with E-state index in [2.05, 4.69) is 5.32 Å². The third-order valence-electron chi connectivity index (χ3n) is 3.20. The molecule has 5 heteroatoms. The molecule has 98 valence electrons. The van der Waals surface area contributed by atoms with Crippen LogP contribution >= 0.6 is 11.6 Å². The third-order valence-corrected chi connectivity index (χ3v) is 3.55. The standard InChI is InChI=1S/C13H15ClFNO2/c14-11-2-1-3-12(15)10(11)6-13(18)16-7-8-4-9(17)5-8/h1-3,8-9,17H,4-7H2,(H,16,18). The molecule has 1 amide bonds. The Labute approximate surface area is 110 Å². The number of halogens is 2. The highest BCUT2D eigenvalue weighted by Gasteiger charge is 2.27. The molecule has 1 aromatic rings. The lowest BCUT2D eigenvalue weighted by Gasteiger charge is -2.31. The summed E-state index contributed by atoms with van der Waals surface area (Å²) in [6, 6.07) is 4.36. The highest BCUT2D eigenvalue weighted by atomic mass is 35.5. The van der Waals surface area contributed by atoms with Crippen molar-refractivity contribution in [2.75, 3.05) is 6.54 Å². The van der Waals surface area contributed by atoms with Crippen molar-refractivity contribution in [3.05, 3.63) is 34.6 Å². The Morgan fingerprint density at radius 1 is 1.50 bits per heavy atom. The molecule has 1 saturated carbocycles. The van der Waals surface area contributed by atoms with Gasteiger partial charge in [-0.1, -0.05) is 17.7 Å². The van der Waals surface area contributed by atoms with Gasteiger partial charge in [-0.15, -0.1) is 0 Å². The molecule has 0 aliphatic heterocycles. The molecule has 0 bridgehead atoms. The molecular formula is C13H15ClFNO2. The fraction of sp³-hybridized carbons (Fsp3) is 0.462. The first kappa shape index (κ1) is 13.3. The highest BCUT2D eigenvalue weighted by molar-refractivity contribution is 6.31. The van der Waals surface area contributed by atoms with E-state index >= 15 is 0 Å². The summed E-state index contributed by atoms with van der Waals surface area (Å²) >= 11 is 5.84. The van der Waals surface area contributed by atoms with Gasteiger partial charge in [-0.3, -0.25) is 4.79 Å². The Hall–Kier alpha value is -1.13. The zero-order chi connectivity index (χ0) is 13.1. The number of amides is 1. The van der Waals surface area contributed by atoms with E-state index in [9.17, 15) is 9.18 Å². The molecule has 18 heavy (non-hydrogen) atoms. The van der Waals surface area contributed by atoms with Gasteiger partial charge in [0.25, 0.3) is 0 Å². The van der Waals surface area contributed by atoms with Gasteiger partial charge in [-0.25, -0.2) is 4.39 Å². The number of aliphatic hydroxyl groups excluding tert-OH is 1. The van der Waals surface area contributed by atoms with E-state index < -0.39 is 5.82 Å². The van der Waals surface area contributed by atoms with Gasteiger partial charge in [-0.05, 0) is 30.9 Å². The normalized spacial score (nSPS) is 22.4. The van der Waals surface area contributed by atoms with Crippen LogP contribution in [0.4, 0.5) is 4.39 Å². The Kier molecular flexibility index (Phi) is 4.19. The van der Waals surface area contributed by atoms with Gasteiger partial charge in [0.15, 0.2) is 0 Å². The molecule has 2 rings (SSSR count). The van der Waals surface area contributed by atoms with Crippen LogP contribution < -0.4 is 5.32 Å². The Balaban J connectivity index is 1.83. The van der Waals surface area contributed by atoms with Crippen LogP contribution in [0.25, 0.3) is 0 Å². The van der Waals surface area contributed by atoms with E-state index in [-0.39, 0.29) is 29.0 Å². The molecule has 0 saturated heterocycles. The molecular weight excluding hydrogens is 257 g/mol. The Morgan fingerprint density at radius 2 is 2.22 bits per heavy atom. The monoisotopic (exact) mass is 271 g/mol. The smallest absolute Gasteiger partial charge is 0.224 e. The summed E-state index contributed by atoms with van der Waals surface area (Å²) in [5.74, 6) is -0.375. The minimum absolute atomic E-state index is 0.0548. The number of aliphatic hydroxyl groups is 1. The fourth-order valence-corrected chi connectivity index (χ4v) is 2.28. The number of nitrogens with one attached hydrogen (secondary N) is 1. The van der Waals surface area contributed by atoms with Crippen molar-refractivity contribution in [2.24, 2.45) is 5.92 Å². The molecule has 1 fully saturated rings. The quantitative estimate of drug-likeness (QED) is 0.879. The number of carbonyl (C=O) groups excluding carboxylic acids is 1. The van der Waals surface area contributed by atoms with E-state index in [1.54, 1.807) is 6.07 Å². The van der Waals surface area contributed by atoms with Crippen LogP contribution in [-0.2, 0) is 11.2 Å². The molecule has 0 spiro atoms. The van der Waals surface area contributed by atoms with Crippen molar-refractivity contribution >= 4 is 17.5 Å². The first-order chi connectivity index (χ1) is 8.56. The maximum absolute atomic E-state index is 13.4. The van der Waals surface area contributed by atoms with Crippen LogP contribution in [0.5, 0.6) is 0 Å². The van der Waals surface area contributed by atoms with Crippen molar-refractivity contribution in [3.8, 4) is 0 Å². The number of benzene rings is 1. The van der Waals surface area contributed by atoms with E-state index in [4.69, 9.17) is 16.7 Å². The largest absolute Gasteiger partial charge is 0.393 e. The number of hydrogen-bond acceptors (Lipinski definition) is 2. The van der Waals surface area contributed by atoms with Crippen molar-refractivity contribution in [1.82, 2.24) is 5.32 Å². The molecule has 0 unspecified atom stereocenters. The van der Waals surface area contributed by atoms with Gasteiger partial charge in [-0.2, -0.15) is 0 Å². The average Bonchev–Trinajstić information content (AvgIpc) is 2.28. The molecule has 0 aromatic heterocycles. The third kappa shape index (κ3) is 3.21. The average molecular weight is 272 g/mol. The second-order valence-electron chi connectivity index (χ2n) is 4.67. The summed E-state index contributed by atoms with van der Waals surface area (Å²) in [6.07, 6.45) is 1.16. The van der Waals surface area contributed by atoms with Crippen LogP contribution in [-0.4, -0.2) is 23.7 Å². The molecule has 1 aliphatic rings. The summed E-state index contributed by atoms with van der Waals surface area (Å²) in [5.41, 5.74) is 0.227. The Bertz CT molecular complexity index is 426. The van der Waals surface area contributed by atoms with Gasteiger partial charge in [0, 0.05) is 17.1 Å². The maximum atomic E-state index is 13.4. The minimum Gasteiger partial charge on any atom is -0.393 e. The van der Waals surface area contributed by atoms with Crippen molar-refractivity contribution in [1.29, 1.82) is 0 Å². The van der Waals surface area contributed by atoms with Crippen molar-refractivity contribution in [3.63, 3.8) is 0 Å². The van der Waals surface area contributed by atoms with Crippen molar-refractivity contribution < 1.29 is 14.3 Å². The maximum Gasteiger partial charge on any atom is 0.224 e. The lowest BCUT2D eigenvalue weighted by molar-refractivity contribution is -0.121. The van der Waals surface area contributed by atoms with Gasteiger partial charge in [0.1, 0.15) is 5.82 Å². The minimum atomic E-state index is -0.461. The second-order valence-corrected chi connectivity index (χ2v) is 5.08. The van der Waals surface area contributed by atoms with E-state index in [0.717, 1.165) is 12.8 Å². The second kappa shape index (κ2) is 5.67. The van der Waals surface area contributed by atoms with Gasteiger partial charge >= 0.3 is 0 Å². The molecule has 3 nitrogen and oxygen atoms in total. The van der Waals surface area contributed by atoms with Gasteiger partial charge in [0.05, 0.1) is 12.5 Å². The van der Waals surface area contributed by atoms with Crippen LogP contribution in [0.1, 0.15) is 18.4 Å².